The molecule has 0 fully saturated rings. The molecule has 0 aliphatic carbocycles. The number of carboxylic acid groups (broad SMARTS) is 1. The van der Waals surface area contributed by atoms with Gasteiger partial charge in [0.1, 0.15) is 17.3 Å². The first-order chi connectivity index (χ1) is 42.6. The number of carbonyl (C=O) groups excluding carboxylic acids is 4. The second kappa shape index (κ2) is 34.1. The van der Waals surface area contributed by atoms with Gasteiger partial charge in [0.25, 0.3) is 26.0 Å². The Morgan fingerprint density at radius 1 is 0.846 bits per heavy atom. The summed E-state index contributed by atoms with van der Waals surface area (Å²) < 4.78 is 138. The van der Waals surface area contributed by atoms with E-state index in [0.717, 1.165) is 48.1 Å². The molecular weight excluding hydrogens is 1350 g/mol. The van der Waals surface area contributed by atoms with E-state index in [1.807, 2.05) is 0 Å². The molecule has 6 aromatic rings. The van der Waals surface area contributed by atoms with Crippen molar-refractivity contribution in [3.8, 4) is 17.8 Å². The summed E-state index contributed by atoms with van der Waals surface area (Å²) in [6.45, 7) is 2.39. The highest BCUT2D eigenvalue weighted by Gasteiger charge is 2.30. The summed E-state index contributed by atoms with van der Waals surface area (Å²) in [5.74, 6) is -2.78. The van der Waals surface area contributed by atoms with Gasteiger partial charge in [-0.2, -0.15) is 46.5 Å². The van der Waals surface area contributed by atoms with E-state index in [4.69, 9.17) is 40.7 Å². The van der Waals surface area contributed by atoms with Gasteiger partial charge < -0.3 is 38.7 Å². The maximum Gasteiger partial charge on any atom is 0.389 e. The van der Waals surface area contributed by atoms with Gasteiger partial charge in [-0.15, -0.1) is 11.8 Å². The number of esters is 1. The van der Waals surface area contributed by atoms with Gasteiger partial charge in [-0.05, 0) is 73.4 Å². The van der Waals surface area contributed by atoms with Crippen molar-refractivity contribution in [1.82, 2.24) is 58.9 Å². The SMILES string of the molecule is COC(=O)CSc1cc(N=c2sc(=O)n3n2CCCC3)c(F)cc1Cl.COc1cc(OC)nc(NC(=O)NS(=O)(=O)c2ncccc2C(=O)N(C)C)n1.COc1nc(C)nc(NC(=O)NS(=O)(=O)c2ccccc2CCC(F)(F)F)n1.O=C(O)CNCP(=O)(O)O. The maximum atomic E-state index is 14.3. The Labute approximate surface area is 527 Å². The van der Waals surface area contributed by atoms with Gasteiger partial charge >= 0.3 is 48.7 Å². The molecule has 1 aliphatic heterocycles. The van der Waals surface area contributed by atoms with E-state index in [0.29, 0.717) is 22.8 Å². The molecule has 496 valence electrons. The molecule has 0 bridgehead atoms. The van der Waals surface area contributed by atoms with Crippen LogP contribution in [-0.4, -0.2) is 173 Å². The highest BCUT2D eigenvalue weighted by atomic mass is 35.5. The van der Waals surface area contributed by atoms with Crippen LogP contribution in [0.15, 0.2) is 85.4 Å². The Bertz CT molecular complexity index is 3990. The number of thioether (sulfide) groups is 1. The number of pyridine rings is 1. The number of benzene rings is 2. The van der Waals surface area contributed by atoms with Crippen molar-refractivity contribution >= 4 is 110 Å². The lowest BCUT2D eigenvalue weighted by Gasteiger charge is -2.15. The van der Waals surface area contributed by atoms with E-state index in [-0.39, 0.29) is 68.0 Å². The fraction of sp³-hybridized carbons (Fsp3) is 0.354. The van der Waals surface area contributed by atoms with Crippen molar-refractivity contribution in [3.05, 3.63) is 103 Å². The normalized spacial score (nSPS) is 12.1. The van der Waals surface area contributed by atoms with Crippen molar-refractivity contribution in [2.45, 2.75) is 66.7 Å². The molecule has 5 heterocycles. The molecule has 8 N–H and O–H groups in total. The lowest BCUT2D eigenvalue weighted by Crippen LogP contribution is -2.36. The molecule has 0 saturated carbocycles. The summed E-state index contributed by atoms with van der Waals surface area (Å²) in [6.07, 6.45) is -3.71. The number of hydrogen-bond donors (Lipinski definition) is 8. The molecule has 43 heteroatoms. The van der Waals surface area contributed by atoms with Gasteiger partial charge in [0.05, 0.1) is 68.6 Å². The Morgan fingerprint density at radius 3 is 2.02 bits per heavy atom. The minimum absolute atomic E-state index is 0.0605. The van der Waals surface area contributed by atoms with Gasteiger partial charge in [0.2, 0.25) is 28.5 Å². The molecule has 91 heavy (non-hydrogen) atoms. The summed E-state index contributed by atoms with van der Waals surface area (Å²) in [7, 11) is -4.79. The van der Waals surface area contributed by atoms with E-state index in [9.17, 15) is 67.7 Å². The number of aryl methyl sites for hydroxylation is 2. The third kappa shape index (κ3) is 24.7. The lowest BCUT2D eigenvalue weighted by atomic mass is 10.1. The van der Waals surface area contributed by atoms with Crippen molar-refractivity contribution in [2.75, 3.05) is 71.8 Å². The average molecular weight is 1400 g/mol. The number of sulfonamides is 2. The molecule has 0 saturated heterocycles. The molecule has 5 amide bonds. The number of aromatic nitrogens is 8. The summed E-state index contributed by atoms with van der Waals surface area (Å²) in [5.41, 5.74) is -0.176. The number of nitrogens with one attached hydrogen (secondary N) is 5. The van der Waals surface area contributed by atoms with Crippen LogP contribution in [0.2, 0.25) is 5.02 Å². The van der Waals surface area contributed by atoms with E-state index >= 15 is 0 Å². The molecule has 2 aromatic carbocycles. The van der Waals surface area contributed by atoms with E-state index in [2.05, 4.69) is 55.6 Å². The van der Waals surface area contributed by atoms with Crippen LogP contribution in [0.3, 0.4) is 0 Å². The summed E-state index contributed by atoms with van der Waals surface area (Å²) >= 11 is 8.17. The predicted molar refractivity (Wildman–Crippen MR) is 316 cm³/mol. The number of methoxy groups -OCH3 is 4. The number of urea groups is 2. The number of anilines is 2. The van der Waals surface area contributed by atoms with Crippen LogP contribution >= 0.6 is 42.3 Å². The number of aliphatic carboxylic acids is 1. The summed E-state index contributed by atoms with van der Waals surface area (Å²) in [4.78, 5) is 114. The van der Waals surface area contributed by atoms with Crippen molar-refractivity contribution in [1.29, 1.82) is 0 Å². The Balaban J connectivity index is 0.000000271. The van der Waals surface area contributed by atoms with Crippen LogP contribution in [0.1, 0.15) is 41.0 Å². The second-order valence-electron chi connectivity index (χ2n) is 17.8. The smallest absolute Gasteiger partial charge is 0.389 e. The van der Waals surface area contributed by atoms with E-state index < -0.39 is 105 Å². The highest BCUT2D eigenvalue weighted by molar-refractivity contribution is 8.00. The second-order valence-corrected chi connectivity index (χ2v) is 25.1. The zero-order valence-electron chi connectivity index (χ0n) is 48.5. The molecule has 0 unspecified atom stereocenters. The largest absolute Gasteiger partial charge is 0.481 e. The zero-order valence-corrected chi connectivity index (χ0v) is 53.5. The van der Waals surface area contributed by atoms with Crippen LogP contribution < -0.4 is 49.3 Å². The Kier molecular flexibility index (Phi) is 28.1. The first-order valence-corrected chi connectivity index (χ1v) is 32.3. The van der Waals surface area contributed by atoms with Gasteiger partial charge in [-0.25, -0.2) is 46.5 Å². The van der Waals surface area contributed by atoms with Crippen molar-refractivity contribution < 1.29 is 96.8 Å². The van der Waals surface area contributed by atoms with E-state index in [1.54, 1.807) is 18.8 Å². The van der Waals surface area contributed by atoms with Gasteiger partial charge in [-0.1, -0.05) is 29.8 Å². The zero-order chi connectivity index (χ0) is 68.0. The molecule has 0 spiro atoms. The molecule has 0 atom stereocenters. The summed E-state index contributed by atoms with van der Waals surface area (Å²) in [6, 6.07) is 9.36. The number of ether oxygens (including phenoxy) is 4. The lowest BCUT2D eigenvalue weighted by molar-refractivity contribution is -0.137. The highest BCUT2D eigenvalue weighted by Crippen LogP contribution is 2.34. The molecule has 0 radical (unpaired) electrons. The number of rotatable bonds is 20. The summed E-state index contributed by atoms with van der Waals surface area (Å²) in [5, 5.41) is 13.9. The number of nitrogens with zero attached hydrogens (tertiary/aromatic N) is 10. The van der Waals surface area contributed by atoms with Crippen molar-refractivity contribution in [3.63, 3.8) is 0 Å². The van der Waals surface area contributed by atoms with Crippen LogP contribution in [-0.2, 0) is 58.4 Å². The Hall–Kier alpha value is -8.44. The fourth-order valence-corrected chi connectivity index (χ4v) is 11.5. The average Bonchev–Trinajstić information content (AvgIpc) is 1.88. The number of carbonyl (C=O) groups is 5. The number of halogens is 5. The molecule has 4 aromatic heterocycles. The van der Waals surface area contributed by atoms with E-state index in [1.165, 1.54) is 103 Å². The number of amides is 5. The van der Waals surface area contributed by atoms with Crippen LogP contribution in [0.25, 0.3) is 0 Å². The quantitative estimate of drug-likeness (QED) is 0.0233. The number of carboxylic acids is 1. The third-order valence-electron chi connectivity index (χ3n) is 10.8. The van der Waals surface area contributed by atoms with Gasteiger partial charge in [-0.3, -0.25) is 44.4 Å². The fourth-order valence-electron chi connectivity index (χ4n) is 6.87. The minimum atomic E-state index is -4.46. The van der Waals surface area contributed by atoms with Crippen LogP contribution in [0.5, 0.6) is 17.8 Å². The topological polar surface area (TPSA) is 448 Å². The molecular formula is C48H57ClF4N15O18PS4. The minimum Gasteiger partial charge on any atom is -0.481 e. The Morgan fingerprint density at radius 2 is 1.45 bits per heavy atom. The number of alkyl halides is 3. The maximum absolute atomic E-state index is 14.3. The first-order valence-electron chi connectivity index (χ1n) is 25.3. The number of hydrogen-bond acceptors (Lipinski definition) is 25. The van der Waals surface area contributed by atoms with Gasteiger partial charge in [0.15, 0.2) is 5.03 Å². The predicted octanol–water partition coefficient (Wildman–Crippen LogP) is 3.89. The third-order valence-corrected chi connectivity index (χ3v) is 16.5. The standard InChI is InChI=1S/C15H15ClFN3O3S2.C15H16F3N5O4S.C15H18N6O6S.C3H8NO5P/c1-23-13(21)8-24-12-7-11(10(17)6-9(12)16)18-14-19-4-2-3-5-20(19)15(22)25-14;1-9-19-12(22-14(20-9)27-2)21-13(24)23-28(25,26)11-6-4-3-5-10(11)7-8-15(16,17)18;1-21(2)13(22)9-6-5-7-16-12(9)28(24,25)20-15(23)19-14-17-10(26-3)8-11(18-14)27-4;5-3(6)1-4-2-10(7,8)9/h6-7H,2-5,8H2,1H3;3-6H,7-8H2,1-2H3,(H2,19,20,21,22,23,24);5-8H,1-4H3,(H2,17,18,19,20,23);4H,1-2H2,(H,5,6)(H2,7,8,9). The molecule has 1 aliphatic rings. The molecule has 33 nitrogen and oxygen atoms in total. The first kappa shape index (κ1) is 75.0. The molecule has 7 rings (SSSR count). The number of fused-ring (bicyclic) bond motifs is 1. The van der Waals surface area contributed by atoms with Crippen LogP contribution in [0.4, 0.5) is 44.7 Å². The van der Waals surface area contributed by atoms with Crippen molar-refractivity contribution in [2.24, 2.45) is 4.99 Å². The monoisotopic (exact) mass is 1400 g/mol. The van der Waals surface area contributed by atoms with Crippen LogP contribution in [0, 0.1) is 12.7 Å². The van der Waals surface area contributed by atoms with Gasteiger partial charge in [0, 0.05) is 44.7 Å².